The molecule has 1 N–H and O–H groups in total. The molecular formula is C14H18BrN3OS. The van der Waals surface area contributed by atoms with E-state index in [-0.39, 0.29) is 0 Å². The maximum absolute atomic E-state index is 5.41. The van der Waals surface area contributed by atoms with Gasteiger partial charge in [-0.2, -0.15) is 4.98 Å². The summed E-state index contributed by atoms with van der Waals surface area (Å²) < 4.78 is 6.49. The van der Waals surface area contributed by atoms with Crippen molar-refractivity contribution in [1.29, 1.82) is 0 Å². The molecule has 20 heavy (non-hydrogen) atoms. The fourth-order valence-corrected chi connectivity index (χ4v) is 4.24. The van der Waals surface area contributed by atoms with Crippen LogP contribution in [0.15, 0.2) is 20.4 Å². The lowest BCUT2D eigenvalue weighted by atomic mass is 9.95. The maximum atomic E-state index is 5.41. The number of nitrogens with one attached hydrogen (secondary N) is 1. The van der Waals surface area contributed by atoms with E-state index in [0.29, 0.717) is 11.9 Å². The summed E-state index contributed by atoms with van der Waals surface area (Å²) in [5.41, 5.74) is 0. The fraction of sp³-hybridized carbons (Fsp3) is 0.571. The Morgan fingerprint density at radius 3 is 2.90 bits per heavy atom. The van der Waals surface area contributed by atoms with Crippen LogP contribution in [0.5, 0.6) is 0 Å². The minimum Gasteiger partial charge on any atom is -0.339 e. The lowest BCUT2D eigenvalue weighted by Gasteiger charge is -2.20. The van der Waals surface area contributed by atoms with Crippen molar-refractivity contribution in [1.82, 2.24) is 15.5 Å². The van der Waals surface area contributed by atoms with E-state index in [4.69, 9.17) is 4.52 Å². The maximum Gasteiger partial charge on any atom is 0.228 e. The normalized spacial score (nSPS) is 17.7. The lowest BCUT2D eigenvalue weighted by molar-refractivity contribution is 0.318. The molecule has 6 heteroatoms. The Hall–Kier alpha value is -0.720. The molecule has 0 radical (unpaired) electrons. The molecule has 2 aromatic rings. The Morgan fingerprint density at radius 1 is 1.45 bits per heavy atom. The van der Waals surface area contributed by atoms with E-state index in [0.717, 1.165) is 26.9 Å². The second-order valence-electron chi connectivity index (χ2n) is 5.26. The number of halogens is 1. The molecule has 2 heterocycles. The average Bonchev–Trinajstić information content (AvgIpc) is 3.16. The first kappa shape index (κ1) is 14.2. The quantitative estimate of drug-likeness (QED) is 0.883. The highest BCUT2D eigenvalue weighted by Crippen LogP contribution is 2.31. The third kappa shape index (κ3) is 3.13. The zero-order chi connectivity index (χ0) is 13.9. The van der Waals surface area contributed by atoms with Crippen molar-refractivity contribution in [2.24, 2.45) is 5.92 Å². The minimum atomic E-state index is 0.445. The summed E-state index contributed by atoms with van der Waals surface area (Å²) in [5.74, 6) is 2.17. The van der Waals surface area contributed by atoms with Crippen molar-refractivity contribution in [2.45, 2.75) is 38.1 Å². The minimum absolute atomic E-state index is 0.445. The largest absolute Gasteiger partial charge is 0.339 e. The smallest absolute Gasteiger partial charge is 0.228 e. The van der Waals surface area contributed by atoms with Crippen molar-refractivity contribution in [3.63, 3.8) is 0 Å². The molecule has 1 aliphatic carbocycles. The van der Waals surface area contributed by atoms with Crippen LogP contribution in [-0.4, -0.2) is 23.2 Å². The molecule has 1 atom stereocenters. The summed E-state index contributed by atoms with van der Waals surface area (Å²) in [6, 6.07) is 4.46. The van der Waals surface area contributed by atoms with Gasteiger partial charge in [-0.25, -0.2) is 0 Å². The van der Waals surface area contributed by atoms with Gasteiger partial charge in [-0.05, 0) is 53.9 Å². The molecule has 0 bridgehead atoms. The molecule has 1 saturated carbocycles. The topological polar surface area (TPSA) is 51.0 Å². The summed E-state index contributed by atoms with van der Waals surface area (Å²) >= 11 is 5.07. The fourth-order valence-electron chi connectivity index (χ4n) is 2.92. The number of hydrogen-bond donors (Lipinski definition) is 1. The molecule has 1 unspecified atom stereocenters. The molecule has 1 aliphatic rings. The Labute approximate surface area is 131 Å². The van der Waals surface area contributed by atoms with Crippen LogP contribution in [0.25, 0.3) is 10.7 Å². The Kier molecular flexibility index (Phi) is 4.53. The van der Waals surface area contributed by atoms with Crippen molar-refractivity contribution >= 4 is 27.3 Å². The van der Waals surface area contributed by atoms with E-state index in [1.165, 1.54) is 25.7 Å². The van der Waals surface area contributed by atoms with Crippen LogP contribution in [-0.2, 0) is 6.42 Å². The molecule has 2 aromatic heterocycles. The zero-order valence-corrected chi connectivity index (χ0v) is 13.8. The molecule has 4 nitrogen and oxygen atoms in total. The summed E-state index contributed by atoms with van der Waals surface area (Å²) in [4.78, 5) is 5.56. The number of thiophene rings is 1. The van der Waals surface area contributed by atoms with E-state index < -0.39 is 0 Å². The van der Waals surface area contributed by atoms with Gasteiger partial charge in [0.2, 0.25) is 11.7 Å². The Morgan fingerprint density at radius 2 is 2.25 bits per heavy atom. The van der Waals surface area contributed by atoms with Crippen molar-refractivity contribution in [2.75, 3.05) is 7.05 Å². The van der Waals surface area contributed by atoms with Crippen molar-refractivity contribution in [3.05, 3.63) is 21.8 Å². The van der Waals surface area contributed by atoms with E-state index in [1.54, 1.807) is 11.3 Å². The van der Waals surface area contributed by atoms with Crippen LogP contribution in [0.3, 0.4) is 0 Å². The highest BCUT2D eigenvalue weighted by molar-refractivity contribution is 9.11. The molecule has 0 spiro atoms. The number of likely N-dealkylation sites (N-methyl/N-ethyl adjacent to an activating group) is 1. The van der Waals surface area contributed by atoms with Gasteiger partial charge < -0.3 is 9.84 Å². The van der Waals surface area contributed by atoms with Crippen molar-refractivity contribution in [3.8, 4) is 10.7 Å². The highest BCUT2D eigenvalue weighted by Gasteiger charge is 2.25. The Bertz CT molecular complexity index is 562. The van der Waals surface area contributed by atoms with Gasteiger partial charge in [0, 0.05) is 12.5 Å². The first-order valence-corrected chi connectivity index (χ1v) is 8.63. The van der Waals surface area contributed by atoms with Gasteiger partial charge in [-0.3, -0.25) is 0 Å². The van der Waals surface area contributed by atoms with Crippen LogP contribution in [0.1, 0.15) is 31.6 Å². The third-order valence-electron chi connectivity index (χ3n) is 4.00. The standard InChI is InChI=1S/C14H18BrN3OS/c1-16-10(9-4-2-3-5-9)8-13-17-14(18-19-13)11-6-7-12(15)20-11/h6-7,9-10,16H,2-5,8H2,1H3. The molecule has 108 valence electrons. The SMILES string of the molecule is CNC(Cc1nc(-c2ccc(Br)s2)no1)C1CCCC1. The van der Waals surface area contributed by atoms with Gasteiger partial charge in [0.05, 0.1) is 8.66 Å². The molecular weight excluding hydrogens is 338 g/mol. The summed E-state index contributed by atoms with van der Waals surface area (Å²) in [5, 5.41) is 7.50. The molecule has 0 amide bonds. The predicted molar refractivity (Wildman–Crippen MR) is 83.8 cm³/mol. The average molecular weight is 356 g/mol. The first-order chi connectivity index (χ1) is 9.76. The van der Waals surface area contributed by atoms with Gasteiger partial charge in [-0.15, -0.1) is 11.3 Å². The molecule has 1 fully saturated rings. The number of rotatable bonds is 5. The van der Waals surface area contributed by atoms with Gasteiger partial charge >= 0.3 is 0 Å². The van der Waals surface area contributed by atoms with Crippen LogP contribution in [0.2, 0.25) is 0 Å². The number of aromatic nitrogens is 2. The number of hydrogen-bond acceptors (Lipinski definition) is 5. The summed E-state index contributed by atoms with van der Waals surface area (Å²) in [7, 11) is 2.02. The number of nitrogens with zero attached hydrogens (tertiary/aromatic N) is 2. The van der Waals surface area contributed by atoms with E-state index in [9.17, 15) is 0 Å². The summed E-state index contributed by atoms with van der Waals surface area (Å²) in [6.45, 7) is 0. The van der Waals surface area contributed by atoms with Gasteiger partial charge in [-0.1, -0.05) is 18.0 Å². The molecule has 0 aliphatic heterocycles. The van der Waals surface area contributed by atoms with E-state index in [1.807, 2.05) is 19.2 Å². The van der Waals surface area contributed by atoms with Gasteiger partial charge in [0.15, 0.2) is 0 Å². The van der Waals surface area contributed by atoms with Crippen LogP contribution < -0.4 is 5.32 Å². The van der Waals surface area contributed by atoms with Crippen molar-refractivity contribution < 1.29 is 4.52 Å². The second kappa shape index (κ2) is 6.37. The monoisotopic (exact) mass is 355 g/mol. The zero-order valence-electron chi connectivity index (χ0n) is 11.4. The third-order valence-corrected chi connectivity index (χ3v) is 5.62. The summed E-state index contributed by atoms with van der Waals surface area (Å²) in [6.07, 6.45) is 6.14. The predicted octanol–water partition coefficient (Wildman–Crippen LogP) is 3.88. The van der Waals surface area contributed by atoms with Crippen LogP contribution in [0.4, 0.5) is 0 Å². The molecule has 3 rings (SSSR count). The lowest BCUT2D eigenvalue weighted by Crippen LogP contribution is -2.34. The van der Waals surface area contributed by atoms with Crippen LogP contribution >= 0.6 is 27.3 Å². The molecule has 0 aromatic carbocycles. The Balaban J connectivity index is 1.69. The highest BCUT2D eigenvalue weighted by atomic mass is 79.9. The second-order valence-corrected chi connectivity index (χ2v) is 7.72. The van der Waals surface area contributed by atoms with Gasteiger partial charge in [0.25, 0.3) is 0 Å². The molecule has 0 saturated heterocycles. The first-order valence-electron chi connectivity index (χ1n) is 7.02. The van der Waals surface area contributed by atoms with Gasteiger partial charge in [0.1, 0.15) is 0 Å². The van der Waals surface area contributed by atoms with E-state index >= 15 is 0 Å². The van der Waals surface area contributed by atoms with Crippen LogP contribution in [0, 0.1) is 5.92 Å². The van der Waals surface area contributed by atoms with E-state index in [2.05, 4.69) is 31.4 Å².